The lowest BCUT2D eigenvalue weighted by Gasteiger charge is -2.26. The number of hydrogen-bond donors (Lipinski definition) is 2. The van der Waals surface area contributed by atoms with E-state index in [0.717, 1.165) is 38.4 Å². The van der Waals surface area contributed by atoms with Crippen LogP contribution in [0.5, 0.6) is 0 Å². The van der Waals surface area contributed by atoms with Gasteiger partial charge in [0.15, 0.2) is 0 Å². The highest BCUT2D eigenvalue weighted by Crippen LogP contribution is 2.19. The number of morpholine rings is 1. The van der Waals surface area contributed by atoms with E-state index >= 15 is 0 Å². The van der Waals surface area contributed by atoms with E-state index in [1.807, 2.05) is 12.1 Å². The van der Waals surface area contributed by atoms with Crippen LogP contribution in [0.25, 0.3) is 0 Å². The number of hydrogen-bond acceptors (Lipinski definition) is 4. The van der Waals surface area contributed by atoms with Crippen LogP contribution >= 0.6 is 11.6 Å². The zero-order chi connectivity index (χ0) is 17.4. The van der Waals surface area contributed by atoms with Crippen molar-refractivity contribution in [1.29, 1.82) is 0 Å². The molecule has 0 aromatic heterocycles. The molecule has 0 radical (unpaired) electrons. The van der Waals surface area contributed by atoms with E-state index in [2.05, 4.69) is 15.5 Å². The van der Waals surface area contributed by atoms with Gasteiger partial charge in [-0.15, -0.1) is 0 Å². The van der Waals surface area contributed by atoms with Crippen molar-refractivity contribution in [2.75, 3.05) is 39.4 Å². The molecule has 2 amide bonds. The van der Waals surface area contributed by atoms with Gasteiger partial charge in [-0.05, 0) is 17.7 Å². The van der Waals surface area contributed by atoms with E-state index in [1.54, 1.807) is 12.1 Å². The Hall–Kier alpha value is -1.63. The van der Waals surface area contributed by atoms with Crippen molar-refractivity contribution < 1.29 is 14.3 Å². The molecule has 6 nitrogen and oxygen atoms in total. The summed E-state index contributed by atoms with van der Waals surface area (Å²) in [6, 6.07) is 6.79. The van der Waals surface area contributed by atoms with Gasteiger partial charge in [-0.25, -0.2) is 0 Å². The summed E-state index contributed by atoms with van der Waals surface area (Å²) in [5.74, 6) is -0.256. The number of ether oxygens (including phenoxy) is 1. The van der Waals surface area contributed by atoms with E-state index in [9.17, 15) is 9.59 Å². The van der Waals surface area contributed by atoms with Crippen LogP contribution in [0.1, 0.15) is 24.9 Å². The lowest BCUT2D eigenvalue weighted by Crippen LogP contribution is -2.42. The second-order valence-electron chi connectivity index (χ2n) is 5.81. The molecule has 1 aliphatic rings. The molecule has 132 valence electrons. The number of rotatable bonds is 7. The third-order valence-electron chi connectivity index (χ3n) is 3.89. The first-order valence-corrected chi connectivity index (χ1v) is 8.52. The number of nitrogens with one attached hydrogen (secondary N) is 2. The highest BCUT2D eigenvalue weighted by molar-refractivity contribution is 6.30. The monoisotopic (exact) mass is 353 g/mol. The Morgan fingerprint density at radius 1 is 1.25 bits per heavy atom. The van der Waals surface area contributed by atoms with Crippen LogP contribution in [0.15, 0.2) is 24.3 Å². The fourth-order valence-corrected chi connectivity index (χ4v) is 2.75. The molecule has 2 N–H and O–H groups in total. The summed E-state index contributed by atoms with van der Waals surface area (Å²) >= 11 is 5.89. The lowest BCUT2D eigenvalue weighted by molar-refractivity contribution is -0.122. The first-order valence-electron chi connectivity index (χ1n) is 8.14. The Balaban J connectivity index is 1.82. The molecule has 24 heavy (non-hydrogen) atoms. The summed E-state index contributed by atoms with van der Waals surface area (Å²) in [5, 5.41) is 6.35. The lowest BCUT2D eigenvalue weighted by atomic mass is 10.0. The molecule has 1 unspecified atom stereocenters. The van der Waals surface area contributed by atoms with Gasteiger partial charge in [0, 0.05) is 38.1 Å². The predicted molar refractivity (Wildman–Crippen MR) is 92.9 cm³/mol. The zero-order valence-electron chi connectivity index (χ0n) is 13.9. The van der Waals surface area contributed by atoms with Crippen LogP contribution in [-0.4, -0.2) is 56.1 Å². The first-order chi connectivity index (χ1) is 11.5. The van der Waals surface area contributed by atoms with Crippen molar-refractivity contribution in [1.82, 2.24) is 15.5 Å². The van der Waals surface area contributed by atoms with Gasteiger partial charge in [0.25, 0.3) is 0 Å². The fourth-order valence-electron chi connectivity index (χ4n) is 2.63. The SMILES string of the molecule is CC(=O)NC(CC(=O)NCCN1CCOCC1)c1ccc(Cl)cc1. The topological polar surface area (TPSA) is 70.7 Å². The molecule has 1 aromatic rings. The molecule has 7 heteroatoms. The highest BCUT2D eigenvalue weighted by Gasteiger charge is 2.17. The van der Waals surface area contributed by atoms with Gasteiger partial charge in [0.1, 0.15) is 0 Å². The minimum atomic E-state index is -0.358. The summed E-state index contributed by atoms with van der Waals surface area (Å²) in [5.41, 5.74) is 0.859. The Morgan fingerprint density at radius 2 is 1.92 bits per heavy atom. The Morgan fingerprint density at radius 3 is 2.54 bits per heavy atom. The summed E-state index contributed by atoms with van der Waals surface area (Å²) in [6.07, 6.45) is 0.199. The van der Waals surface area contributed by atoms with E-state index in [-0.39, 0.29) is 24.3 Å². The minimum Gasteiger partial charge on any atom is -0.379 e. The van der Waals surface area contributed by atoms with Crippen molar-refractivity contribution >= 4 is 23.4 Å². The van der Waals surface area contributed by atoms with Gasteiger partial charge >= 0.3 is 0 Å². The molecule has 0 spiro atoms. The molecule has 1 atom stereocenters. The van der Waals surface area contributed by atoms with Gasteiger partial charge in [0.05, 0.1) is 25.7 Å². The summed E-state index contributed by atoms with van der Waals surface area (Å²) in [6.45, 7) is 6.13. The normalized spacial score (nSPS) is 16.4. The third-order valence-corrected chi connectivity index (χ3v) is 4.15. The molecule has 1 heterocycles. The maximum atomic E-state index is 12.2. The van der Waals surface area contributed by atoms with E-state index < -0.39 is 0 Å². The molecular formula is C17H24ClN3O3. The fraction of sp³-hybridized carbons (Fsp3) is 0.529. The average Bonchev–Trinajstić information content (AvgIpc) is 2.55. The smallest absolute Gasteiger partial charge is 0.222 e. The van der Waals surface area contributed by atoms with Crippen LogP contribution in [0.3, 0.4) is 0 Å². The molecular weight excluding hydrogens is 330 g/mol. The van der Waals surface area contributed by atoms with Gasteiger partial charge in [-0.2, -0.15) is 0 Å². The molecule has 1 saturated heterocycles. The summed E-state index contributed by atoms with van der Waals surface area (Å²) in [4.78, 5) is 25.9. The van der Waals surface area contributed by atoms with Crippen molar-refractivity contribution in [3.8, 4) is 0 Å². The largest absolute Gasteiger partial charge is 0.379 e. The van der Waals surface area contributed by atoms with Crippen molar-refractivity contribution in [3.05, 3.63) is 34.9 Å². The molecule has 1 aliphatic heterocycles. The van der Waals surface area contributed by atoms with E-state index in [1.165, 1.54) is 6.92 Å². The van der Waals surface area contributed by atoms with Gasteiger partial charge in [-0.3, -0.25) is 14.5 Å². The zero-order valence-corrected chi connectivity index (χ0v) is 14.6. The number of benzene rings is 1. The Labute approximate surface area is 147 Å². The minimum absolute atomic E-state index is 0.0861. The van der Waals surface area contributed by atoms with Crippen LogP contribution < -0.4 is 10.6 Å². The standard InChI is InChI=1S/C17H24ClN3O3/c1-13(22)20-16(14-2-4-15(18)5-3-14)12-17(23)19-6-7-21-8-10-24-11-9-21/h2-5,16H,6-12H2,1H3,(H,19,23)(H,20,22). The number of carbonyl (C=O) groups is 2. The number of amides is 2. The van der Waals surface area contributed by atoms with E-state index in [4.69, 9.17) is 16.3 Å². The predicted octanol–water partition coefficient (Wildman–Crippen LogP) is 1.36. The van der Waals surface area contributed by atoms with Crippen molar-refractivity contribution in [3.63, 3.8) is 0 Å². The number of halogens is 1. The number of carbonyl (C=O) groups excluding carboxylic acids is 2. The highest BCUT2D eigenvalue weighted by atomic mass is 35.5. The molecule has 0 saturated carbocycles. The van der Waals surface area contributed by atoms with Crippen LogP contribution in [0, 0.1) is 0 Å². The number of nitrogens with zero attached hydrogens (tertiary/aromatic N) is 1. The van der Waals surface area contributed by atoms with Crippen molar-refractivity contribution in [2.24, 2.45) is 0 Å². The maximum absolute atomic E-state index is 12.2. The van der Waals surface area contributed by atoms with Crippen LogP contribution in [-0.2, 0) is 14.3 Å². The van der Waals surface area contributed by atoms with Gasteiger partial charge in [-0.1, -0.05) is 23.7 Å². The van der Waals surface area contributed by atoms with Crippen LogP contribution in [0.2, 0.25) is 5.02 Å². The Kier molecular flexibility index (Phi) is 7.49. The van der Waals surface area contributed by atoms with Crippen molar-refractivity contribution in [2.45, 2.75) is 19.4 Å². The first kappa shape index (κ1) is 18.7. The van der Waals surface area contributed by atoms with E-state index in [0.29, 0.717) is 11.6 Å². The Bertz CT molecular complexity index is 545. The van der Waals surface area contributed by atoms with Gasteiger partial charge < -0.3 is 15.4 Å². The van der Waals surface area contributed by atoms with Gasteiger partial charge in [0.2, 0.25) is 11.8 Å². The second kappa shape index (κ2) is 9.61. The maximum Gasteiger partial charge on any atom is 0.222 e. The third kappa shape index (κ3) is 6.47. The summed E-state index contributed by atoms with van der Waals surface area (Å²) < 4.78 is 5.30. The quantitative estimate of drug-likeness (QED) is 0.776. The van der Waals surface area contributed by atoms with Crippen LogP contribution in [0.4, 0.5) is 0 Å². The molecule has 1 fully saturated rings. The summed E-state index contributed by atoms with van der Waals surface area (Å²) in [7, 11) is 0. The molecule has 0 aliphatic carbocycles. The molecule has 2 rings (SSSR count). The average molecular weight is 354 g/mol. The second-order valence-corrected chi connectivity index (χ2v) is 6.25. The molecule has 0 bridgehead atoms. The molecule has 1 aromatic carbocycles.